The molecule has 26 heavy (non-hydrogen) atoms. The number of aromatic nitrogens is 2. The van der Waals surface area contributed by atoms with Crippen LogP contribution in [-0.4, -0.2) is 16.6 Å². The second-order valence-electron chi connectivity index (χ2n) is 6.32. The first kappa shape index (κ1) is 18.5. The summed E-state index contributed by atoms with van der Waals surface area (Å²) >= 11 is 1.50. The van der Waals surface area contributed by atoms with Crippen molar-refractivity contribution in [1.82, 2.24) is 9.97 Å². The summed E-state index contributed by atoms with van der Waals surface area (Å²) in [4.78, 5) is 20.7. The summed E-state index contributed by atoms with van der Waals surface area (Å²) in [5.74, 6) is 0.621. The fraction of sp³-hybridized carbons (Fsp3) is 0.381. The predicted octanol–water partition coefficient (Wildman–Crippen LogP) is 5.46. The molecule has 0 aliphatic heterocycles. The Bertz CT molecular complexity index is 890. The van der Waals surface area contributed by atoms with Gasteiger partial charge in [-0.2, -0.15) is 4.98 Å². The van der Waals surface area contributed by atoms with Gasteiger partial charge in [-0.05, 0) is 24.6 Å². The largest absolute Gasteiger partial charge is 0.478 e. The Morgan fingerprint density at radius 1 is 1.00 bits per heavy atom. The lowest BCUT2D eigenvalue weighted by Gasteiger charge is -2.06. The van der Waals surface area contributed by atoms with Crippen molar-refractivity contribution in [3.8, 4) is 16.5 Å². The standard InChI is InChI=1S/C21H24N2O2S/c1-2-3-4-5-6-9-14-25-19-13-12-16(15-22-19)21-23-20(24)17-10-7-8-11-18(17)26-21/h7-8,10-13,15H,2-6,9,14H2,1H3. The molecule has 5 heteroatoms. The Balaban J connectivity index is 1.59. The van der Waals surface area contributed by atoms with Crippen LogP contribution in [0.3, 0.4) is 0 Å². The van der Waals surface area contributed by atoms with E-state index in [-0.39, 0.29) is 5.56 Å². The summed E-state index contributed by atoms with van der Waals surface area (Å²) in [5.41, 5.74) is 0.641. The van der Waals surface area contributed by atoms with E-state index >= 15 is 0 Å². The van der Waals surface area contributed by atoms with E-state index < -0.39 is 0 Å². The summed E-state index contributed by atoms with van der Waals surface area (Å²) < 4.78 is 6.64. The lowest BCUT2D eigenvalue weighted by atomic mass is 10.1. The minimum atomic E-state index is -0.197. The SMILES string of the molecule is CCCCCCCCOc1ccc(-c2nc(=O)c3ccccc3s2)cn1. The summed E-state index contributed by atoms with van der Waals surface area (Å²) in [6, 6.07) is 11.3. The zero-order valence-corrected chi connectivity index (χ0v) is 15.9. The molecule has 0 radical (unpaired) electrons. The van der Waals surface area contributed by atoms with E-state index in [1.54, 1.807) is 6.20 Å². The first-order chi connectivity index (χ1) is 12.8. The van der Waals surface area contributed by atoms with Gasteiger partial charge in [0.05, 0.1) is 12.0 Å². The molecule has 0 aliphatic rings. The van der Waals surface area contributed by atoms with Gasteiger partial charge in [0.15, 0.2) is 0 Å². The number of rotatable bonds is 9. The van der Waals surface area contributed by atoms with Crippen molar-refractivity contribution in [3.05, 3.63) is 52.9 Å². The van der Waals surface area contributed by atoms with Gasteiger partial charge < -0.3 is 4.74 Å². The maximum Gasteiger partial charge on any atom is 0.279 e. The van der Waals surface area contributed by atoms with E-state index in [4.69, 9.17) is 4.74 Å². The molecule has 0 amide bonds. The summed E-state index contributed by atoms with van der Waals surface area (Å²) in [6.45, 7) is 2.92. The number of benzene rings is 1. The highest BCUT2D eigenvalue weighted by molar-refractivity contribution is 7.21. The van der Waals surface area contributed by atoms with Crippen LogP contribution in [0.25, 0.3) is 20.7 Å². The van der Waals surface area contributed by atoms with Crippen molar-refractivity contribution in [2.75, 3.05) is 6.61 Å². The Kier molecular flexibility index (Phi) is 6.72. The molecule has 0 N–H and O–H groups in total. The molecule has 0 saturated carbocycles. The first-order valence-electron chi connectivity index (χ1n) is 9.27. The molecular formula is C21H24N2O2S. The molecule has 2 aromatic heterocycles. The van der Waals surface area contributed by atoms with Crippen LogP contribution in [-0.2, 0) is 0 Å². The number of ether oxygens (including phenoxy) is 1. The molecule has 3 rings (SSSR count). The van der Waals surface area contributed by atoms with Crippen LogP contribution < -0.4 is 10.3 Å². The van der Waals surface area contributed by atoms with E-state index in [0.29, 0.717) is 22.9 Å². The van der Waals surface area contributed by atoms with Gasteiger partial charge in [-0.25, -0.2) is 4.98 Å². The average Bonchev–Trinajstić information content (AvgIpc) is 2.68. The zero-order chi connectivity index (χ0) is 18.2. The van der Waals surface area contributed by atoms with Crippen molar-refractivity contribution in [3.63, 3.8) is 0 Å². The van der Waals surface area contributed by atoms with Crippen molar-refractivity contribution < 1.29 is 4.74 Å². The normalized spacial score (nSPS) is 11.0. The number of nitrogens with zero attached hydrogens (tertiary/aromatic N) is 2. The number of unbranched alkanes of at least 4 members (excludes halogenated alkanes) is 5. The third-order valence-corrected chi connectivity index (χ3v) is 5.35. The molecule has 1 aromatic carbocycles. The van der Waals surface area contributed by atoms with Crippen LogP contribution >= 0.6 is 11.3 Å². The van der Waals surface area contributed by atoms with Crippen LogP contribution in [0.5, 0.6) is 5.88 Å². The number of fused-ring (bicyclic) bond motifs is 1. The van der Waals surface area contributed by atoms with Crippen LogP contribution in [0.2, 0.25) is 0 Å². The highest BCUT2D eigenvalue weighted by atomic mass is 32.1. The number of pyridine rings is 1. The fourth-order valence-corrected chi connectivity index (χ4v) is 3.77. The van der Waals surface area contributed by atoms with Gasteiger partial charge >= 0.3 is 0 Å². The fourth-order valence-electron chi connectivity index (χ4n) is 2.79. The van der Waals surface area contributed by atoms with Gasteiger partial charge in [0.1, 0.15) is 5.01 Å². The van der Waals surface area contributed by atoms with E-state index in [2.05, 4.69) is 16.9 Å². The van der Waals surface area contributed by atoms with Gasteiger partial charge in [0.2, 0.25) is 5.88 Å². The molecule has 0 aliphatic carbocycles. The minimum absolute atomic E-state index is 0.197. The van der Waals surface area contributed by atoms with E-state index in [1.165, 1.54) is 43.4 Å². The predicted molar refractivity (Wildman–Crippen MR) is 108 cm³/mol. The Hall–Kier alpha value is -2.27. The molecule has 136 valence electrons. The van der Waals surface area contributed by atoms with Crippen LogP contribution in [0, 0.1) is 0 Å². The second kappa shape index (κ2) is 9.43. The zero-order valence-electron chi connectivity index (χ0n) is 15.1. The smallest absolute Gasteiger partial charge is 0.279 e. The molecule has 0 spiro atoms. The quantitative estimate of drug-likeness (QED) is 0.471. The first-order valence-corrected chi connectivity index (χ1v) is 10.1. The van der Waals surface area contributed by atoms with Crippen LogP contribution in [0.4, 0.5) is 0 Å². The van der Waals surface area contributed by atoms with Crippen molar-refractivity contribution >= 4 is 21.4 Å². The average molecular weight is 369 g/mol. The Labute approximate surface area is 157 Å². The van der Waals surface area contributed by atoms with E-state index in [1.807, 2.05) is 36.4 Å². The molecule has 3 aromatic rings. The lowest BCUT2D eigenvalue weighted by Crippen LogP contribution is -2.05. The van der Waals surface area contributed by atoms with Gasteiger partial charge in [0.25, 0.3) is 5.56 Å². The second-order valence-corrected chi connectivity index (χ2v) is 7.35. The Morgan fingerprint density at radius 3 is 2.62 bits per heavy atom. The Morgan fingerprint density at radius 2 is 1.81 bits per heavy atom. The van der Waals surface area contributed by atoms with Crippen molar-refractivity contribution in [2.24, 2.45) is 0 Å². The lowest BCUT2D eigenvalue weighted by molar-refractivity contribution is 0.293. The monoisotopic (exact) mass is 368 g/mol. The third-order valence-electron chi connectivity index (χ3n) is 4.26. The maximum atomic E-state index is 12.2. The number of hydrogen-bond donors (Lipinski definition) is 0. The van der Waals surface area contributed by atoms with Crippen molar-refractivity contribution in [2.45, 2.75) is 45.4 Å². The molecule has 4 nitrogen and oxygen atoms in total. The van der Waals surface area contributed by atoms with Gasteiger partial charge in [-0.1, -0.05) is 51.2 Å². The highest BCUT2D eigenvalue weighted by Crippen LogP contribution is 2.26. The molecule has 0 bridgehead atoms. The van der Waals surface area contributed by atoms with Crippen LogP contribution in [0.15, 0.2) is 47.4 Å². The van der Waals surface area contributed by atoms with E-state index in [9.17, 15) is 4.79 Å². The number of hydrogen-bond acceptors (Lipinski definition) is 5. The molecule has 0 unspecified atom stereocenters. The van der Waals surface area contributed by atoms with Gasteiger partial charge in [-0.15, -0.1) is 11.3 Å². The molecule has 0 fully saturated rings. The highest BCUT2D eigenvalue weighted by Gasteiger charge is 2.07. The van der Waals surface area contributed by atoms with Gasteiger partial charge in [-0.3, -0.25) is 4.79 Å². The van der Waals surface area contributed by atoms with Crippen molar-refractivity contribution in [1.29, 1.82) is 0 Å². The third kappa shape index (κ3) is 4.88. The molecule has 0 saturated heterocycles. The molecule has 2 heterocycles. The molecular weight excluding hydrogens is 344 g/mol. The van der Waals surface area contributed by atoms with Crippen LogP contribution in [0.1, 0.15) is 45.4 Å². The maximum absolute atomic E-state index is 12.2. The van der Waals surface area contributed by atoms with Gasteiger partial charge in [0, 0.05) is 22.5 Å². The summed E-state index contributed by atoms with van der Waals surface area (Å²) in [6.07, 6.45) is 9.16. The molecule has 0 atom stereocenters. The minimum Gasteiger partial charge on any atom is -0.478 e. The summed E-state index contributed by atoms with van der Waals surface area (Å²) in [7, 11) is 0. The summed E-state index contributed by atoms with van der Waals surface area (Å²) in [5, 5.41) is 1.34. The topological polar surface area (TPSA) is 52.1 Å². The van der Waals surface area contributed by atoms with E-state index in [0.717, 1.165) is 16.7 Å².